The second-order valence-corrected chi connectivity index (χ2v) is 7.84. The second-order valence-electron chi connectivity index (χ2n) is 7.84. The normalized spacial score (nSPS) is 18.8. The summed E-state index contributed by atoms with van der Waals surface area (Å²) in [5.41, 5.74) is 7.12. The monoisotopic (exact) mass is 387 g/mol. The number of hydrogen-bond acceptors (Lipinski definition) is 3. The quantitative estimate of drug-likeness (QED) is 0.678. The zero-order chi connectivity index (χ0) is 20.5. The van der Waals surface area contributed by atoms with Gasteiger partial charge in [-0.25, -0.2) is 0 Å². The maximum Gasteiger partial charge on any atom is 0.261 e. The Morgan fingerprint density at radius 1 is 1.03 bits per heavy atom. The number of hydrogen-bond donors (Lipinski definition) is 0. The van der Waals surface area contributed by atoms with Gasteiger partial charge in [-0.05, 0) is 68.0 Å². The Kier molecular flexibility index (Phi) is 5.10. The van der Waals surface area contributed by atoms with E-state index in [9.17, 15) is 9.59 Å². The summed E-state index contributed by atoms with van der Waals surface area (Å²) >= 11 is 0. The molecule has 0 aliphatic carbocycles. The third-order valence-corrected chi connectivity index (χ3v) is 5.64. The van der Waals surface area contributed by atoms with Crippen LogP contribution in [0.25, 0.3) is 0 Å². The molecule has 4 heteroatoms. The molecule has 2 aromatic carbocycles. The molecule has 0 bridgehead atoms. The van der Waals surface area contributed by atoms with Crippen molar-refractivity contribution in [3.63, 3.8) is 0 Å². The molecular weight excluding hydrogens is 362 g/mol. The molecule has 29 heavy (non-hydrogen) atoms. The van der Waals surface area contributed by atoms with Gasteiger partial charge in [0.15, 0.2) is 0 Å². The standard InChI is InChI=1S/C25H25NO3/c1-16-13-17(2)23(18(3)14-16)22-11-10-19(15-29-22)7-6-12-26-24(27)20-8-4-5-9-21(20)25(26)28/h4-9,13-15,22H,10-12H2,1-3H3/b7-6+. The lowest BCUT2D eigenvalue weighted by atomic mass is 9.91. The first-order valence-corrected chi connectivity index (χ1v) is 9.99. The number of amides is 2. The number of aryl methyl sites for hydroxylation is 3. The van der Waals surface area contributed by atoms with Crippen molar-refractivity contribution in [1.82, 2.24) is 4.90 Å². The van der Waals surface area contributed by atoms with Crippen LogP contribution in [0.1, 0.15) is 61.9 Å². The zero-order valence-electron chi connectivity index (χ0n) is 17.1. The maximum absolute atomic E-state index is 12.4. The highest BCUT2D eigenvalue weighted by Gasteiger charge is 2.34. The van der Waals surface area contributed by atoms with Crippen molar-refractivity contribution in [2.45, 2.75) is 39.7 Å². The Bertz CT molecular complexity index is 990. The van der Waals surface area contributed by atoms with Crippen LogP contribution >= 0.6 is 0 Å². The van der Waals surface area contributed by atoms with E-state index < -0.39 is 0 Å². The Hall–Kier alpha value is -3.14. The van der Waals surface area contributed by atoms with Crippen LogP contribution in [0.4, 0.5) is 0 Å². The number of nitrogens with zero attached hydrogens (tertiary/aromatic N) is 1. The van der Waals surface area contributed by atoms with E-state index in [0.717, 1.165) is 18.4 Å². The Morgan fingerprint density at radius 2 is 1.66 bits per heavy atom. The second kappa shape index (κ2) is 7.70. The fourth-order valence-electron chi connectivity index (χ4n) is 4.34. The summed E-state index contributed by atoms with van der Waals surface area (Å²) in [7, 11) is 0. The molecule has 2 aromatic rings. The summed E-state index contributed by atoms with van der Waals surface area (Å²) in [6.07, 6.45) is 7.51. The number of allylic oxidation sites excluding steroid dienone is 2. The van der Waals surface area contributed by atoms with E-state index in [-0.39, 0.29) is 24.5 Å². The van der Waals surface area contributed by atoms with Gasteiger partial charge in [0.2, 0.25) is 0 Å². The molecular formula is C25H25NO3. The van der Waals surface area contributed by atoms with Gasteiger partial charge < -0.3 is 4.74 Å². The van der Waals surface area contributed by atoms with Gasteiger partial charge in [0.25, 0.3) is 11.8 Å². The first-order valence-electron chi connectivity index (χ1n) is 9.99. The lowest BCUT2D eigenvalue weighted by Crippen LogP contribution is -2.29. The minimum atomic E-state index is -0.227. The predicted octanol–water partition coefficient (Wildman–Crippen LogP) is 5.20. The summed E-state index contributed by atoms with van der Waals surface area (Å²) in [6, 6.07) is 11.4. The van der Waals surface area contributed by atoms with Gasteiger partial charge >= 0.3 is 0 Å². The zero-order valence-corrected chi connectivity index (χ0v) is 17.1. The van der Waals surface area contributed by atoms with Crippen LogP contribution in [0.3, 0.4) is 0 Å². The van der Waals surface area contributed by atoms with E-state index in [1.54, 1.807) is 24.3 Å². The van der Waals surface area contributed by atoms with Gasteiger partial charge in [-0.2, -0.15) is 0 Å². The van der Waals surface area contributed by atoms with E-state index in [1.165, 1.54) is 27.2 Å². The Labute approximate surface area is 171 Å². The lowest BCUT2D eigenvalue weighted by molar-refractivity contribution is 0.0672. The number of ether oxygens (including phenoxy) is 1. The first-order chi connectivity index (χ1) is 14.0. The SMILES string of the molecule is Cc1cc(C)c(C2CCC(/C=C/CN3C(=O)c4ccccc4C3=O)=CO2)c(C)c1. The molecule has 2 heterocycles. The van der Waals surface area contributed by atoms with Crippen LogP contribution in [0, 0.1) is 20.8 Å². The van der Waals surface area contributed by atoms with Crippen molar-refractivity contribution in [2.75, 3.05) is 6.54 Å². The summed E-state index contributed by atoms with van der Waals surface area (Å²) in [4.78, 5) is 26.1. The van der Waals surface area contributed by atoms with Crippen molar-refractivity contribution in [1.29, 1.82) is 0 Å². The third kappa shape index (κ3) is 3.63. The van der Waals surface area contributed by atoms with Crippen LogP contribution in [0.5, 0.6) is 0 Å². The summed E-state index contributed by atoms with van der Waals surface area (Å²) in [5.74, 6) is -0.455. The molecule has 148 valence electrons. The van der Waals surface area contributed by atoms with Crippen LogP contribution < -0.4 is 0 Å². The molecule has 0 saturated carbocycles. The van der Waals surface area contributed by atoms with Crippen molar-refractivity contribution in [2.24, 2.45) is 0 Å². The largest absolute Gasteiger partial charge is 0.493 e. The van der Waals surface area contributed by atoms with Gasteiger partial charge in [-0.1, -0.05) is 42.0 Å². The van der Waals surface area contributed by atoms with Gasteiger partial charge in [-0.15, -0.1) is 0 Å². The van der Waals surface area contributed by atoms with Crippen LogP contribution in [0.2, 0.25) is 0 Å². The molecule has 2 aliphatic heterocycles. The van der Waals surface area contributed by atoms with Gasteiger partial charge in [0.1, 0.15) is 6.10 Å². The fraction of sp³-hybridized carbons (Fsp3) is 0.280. The van der Waals surface area contributed by atoms with E-state index in [4.69, 9.17) is 4.74 Å². The molecule has 1 unspecified atom stereocenters. The smallest absolute Gasteiger partial charge is 0.261 e. The van der Waals surface area contributed by atoms with Crippen LogP contribution in [-0.2, 0) is 4.74 Å². The molecule has 0 N–H and O–H groups in total. The predicted molar refractivity (Wildman–Crippen MR) is 113 cm³/mol. The fourth-order valence-corrected chi connectivity index (χ4v) is 4.34. The van der Waals surface area contributed by atoms with Crippen molar-refractivity contribution in [3.8, 4) is 0 Å². The highest BCUT2D eigenvalue weighted by molar-refractivity contribution is 6.21. The van der Waals surface area contributed by atoms with Crippen molar-refractivity contribution < 1.29 is 14.3 Å². The molecule has 0 saturated heterocycles. The number of fused-ring (bicyclic) bond motifs is 1. The number of benzene rings is 2. The van der Waals surface area contributed by atoms with E-state index in [0.29, 0.717) is 11.1 Å². The average molecular weight is 387 g/mol. The van der Waals surface area contributed by atoms with Gasteiger partial charge in [0.05, 0.1) is 17.4 Å². The Morgan fingerprint density at radius 3 is 2.21 bits per heavy atom. The molecule has 4 nitrogen and oxygen atoms in total. The number of carbonyl (C=O) groups excluding carboxylic acids is 2. The van der Waals surface area contributed by atoms with Crippen LogP contribution in [-0.4, -0.2) is 23.3 Å². The molecule has 0 radical (unpaired) electrons. The van der Waals surface area contributed by atoms with E-state index in [1.807, 2.05) is 18.4 Å². The lowest BCUT2D eigenvalue weighted by Gasteiger charge is -2.25. The third-order valence-electron chi connectivity index (χ3n) is 5.64. The first kappa shape index (κ1) is 19.2. The van der Waals surface area contributed by atoms with Gasteiger partial charge in [0, 0.05) is 6.54 Å². The average Bonchev–Trinajstić information content (AvgIpc) is 2.93. The summed E-state index contributed by atoms with van der Waals surface area (Å²) in [6.45, 7) is 6.66. The van der Waals surface area contributed by atoms with Crippen molar-refractivity contribution in [3.05, 3.63) is 93.8 Å². The molecule has 0 spiro atoms. The topological polar surface area (TPSA) is 46.6 Å². The molecule has 1 atom stereocenters. The minimum absolute atomic E-state index is 0.0731. The number of rotatable bonds is 4. The minimum Gasteiger partial charge on any atom is -0.493 e. The highest BCUT2D eigenvalue weighted by atomic mass is 16.5. The highest BCUT2D eigenvalue weighted by Crippen LogP contribution is 2.34. The number of carbonyl (C=O) groups is 2. The molecule has 0 aromatic heterocycles. The summed E-state index contributed by atoms with van der Waals surface area (Å²) in [5, 5.41) is 0. The maximum atomic E-state index is 12.4. The molecule has 0 fully saturated rings. The molecule has 2 aliphatic rings. The Balaban J connectivity index is 1.40. The number of imide groups is 1. The molecule has 4 rings (SSSR count). The van der Waals surface area contributed by atoms with Gasteiger partial charge in [-0.3, -0.25) is 14.5 Å². The summed E-state index contributed by atoms with van der Waals surface area (Å²) < 4.78 is 6.03. The van der Waals surface area contributed by atoms with E-state index in [2.05, 4.69) is 32.9 Å². The van der Waals surface area contributed by atoms with E-state index >= 15 is 0 Å². The van der Waals surface area contributed by atoms with Crippen molar-refractivity contribution >= 4 is 11.8 Å². The van der Waals surface area contributed by atoms with Crippen LogP contribution in [0.15, 0.2) is 60.4 Å². The molecule has 2 amide bonds.